The van der Waals surface area contributed by atoms with Gasteiger partial charge in [-0.2, -0.15) is 0 Å². The van der Waals surface area contributed by atoms with E-state index in [0.717, 1.165) is 11.8 Å². The lowest BCUT2D eigenvalue weighted by Crippen LogP contribution is -2.42. The lowest BCUT2D eigenvalue weighted by Gasteiger charge is -2.15. The maximum atomic E-state index is 11.4. The van der Waals surface area contributed by atoms with Crippen molar-refractivity contribution in [3.63, 3.8) is 0 Å². The van der Waals surface area contributed by atoms with E-state index in [-0.39, 0.29) is 11.8 Å². The fourth-order valence-electron chi connectivity index (χ4n) is 0.930. The molecule has 1 rings (SSSR count). The van der Waals surface area contributed by atoms with Crippen molar-refractivity contribution >= 4 is 28.8 Å². The van der Waals surface area contributed by atoms with E-state index in [2.05, 4.69) is 10.5 Å². The van der Waals surface area contributed by atoms with Gasteiger partial charge in [0.1, 0.15) is 0 Å². The zero-order valence-electron chi connectivity index (χ0n) is 7.73. The second-order valence-corrected chi connectivity index (χ2v) is 4.12. The third-order valence-corrected chi connectivity index (χ3v) is 2.85. The van der Waals surface area contributed by atoms with Crippen molar-refractivity contribution in [3.8, 4) is 0 Å². The summed E-state index contributed by atoms with van der Waals surface area (Å²) in [5, 5.41) is 13.5. The average molecular weight is 218 g/mol. The van der Waals surface area contributed by atoms with E-state index in [1.165, 1.54) is 6.92 Å². The molecule has 0 aromatic heterocycles. The van der Waals surface area contributed by atoms with Crippen LogP contribution in [0, 0.1) is 0 Å². The van der Waals surface area contributed by atoms with E-state index >= 15 is 0 Å². The Morgan fingerprint density at radius 2 is 2.43 bits per heavy atom. The van der Waals surface area contributed by atoms with E-state index in [1.807, 2.05) is 0 Å². The van der Waals surface area contributed by atoms with E-state index in [0.29, 0.717) is 0 Å². The average Bonchev–Trinajstić information content (AvgIpc) is 2.44. The highest BCUT2D eigenvalue weighted by molar-refractivity contribution is 8.17. The monoisotopic (exact) mass is 218 g/mol. The number of nitrogens with one attached hydrogen (secondary N) is 1. The van der Waals surface area contributed by atoms with Crippen molar-refractivity contribution in [2.75, 3.05) is 6.61 Å². The first-order valence-electron chi connectivity index (χ1n) is 3.94. The van der Waals surface area contributed by atoms with Crippen LogP contribution < -0.4 is 5.32 Å². The molecule has 78 valence electrons. The highest BCUT2D eigenvalue weighted by Crippen LogP contribution is 2.32. The van der Waals surface area contributed by atoms with Crippen molar-refractivity contribution in [2.45, 2.75) is 18.6 Å². The van der Waals surface area contributed by atoms with Gasteiger partial charge in [0.2, 0.25) is 5.17 Å². The molecule has 0 aliphatic carbocycles. The van der Waals surface area contributed by atoms with Crippen LogP contribution in [0.15, 0.2) is 5.16 Å². The number of oxime groups is 1. The van der Waals surface area contributed by atoms with Crippen LogP contribution in [0.25, 0.3) is 0 Å². The summed E-state index contributed by atoms with van der Waals surface area (Å²) in [5.74, 6) is -1.17. The summed E-state index contributed by atoms with van der Waals surface area (Å²) in [5.41, 5.74) is 0. The summed E-state index contributed by atoms with van der Waals surface area (Å²) in [7, 11) is 0. The molecule has 0 spiro atoms. The molecule has 7 heteroatoms. The van der Waals surface area contributed by atoms with Crippen LogP contribution >= 0.6 is 11.8 Å². The fourth-order valence-corrected chi connectivity index (χ4v) is 1.79. The Hall–Kier alpha value is -1.24. The quantitative estimate of drug-likeness (QED) is 0.293. The molecule has 1 heterocycles. The molecule has 1 aliphatic rings. The molecule has 2 N–H and O–H groups in total. The van der Waals surface area contributed by atoms with E-state index in [9.17, 15) is 9.59 Å². The maximum absolute atomic E-state index is 11.4. The minimum atomic E-state index is -1.35. The Morgan fingerprint density at radius 1 is 1.79 bits per heavy atom. The second-order valence-electron chi connectivity index (χ2n) is 2.72. The first kappa shape index (κ1) is 10.8. The number of amidine groups is 1. The van der Waals surface area contributed by atoms with Gasteiger partial charge in [-0.05, 0) is 13.8 Å². The Balaban J connectivity index is 2.85. The molecule has 0 radical (unpaired) electrons. The molecule has 0 aromatic carbocycles. The molecule has 1 unspecified atom stereocenters. The Morgan fingerprint density at radius 3 is 2.86 bits per heavy atom. The first-order chi connectivity index (χ1) is 6.54. The van der Waals surface area contributed by atoms with E-state index in [4.69, 9.17) is 9.94 Å². The van der Waals surface area contributed by atoms with Gasteiger partial charge in [-0.3, -0.25) is 4.79 Å². The number of hydrogen-bond donors (Lipinski definition) is 2. The van der Waals surface area contributed by atoms with E-state index in [1.54, 1.807) is 6.92 Å². The number of hydrogen-bond acceptors (Lipinski definition) is 6. The Labute approximate surface area is 84.7 Å². The molecule has 1 saturated heterocycles. The molecule has 1 aliphatic heterocycles. The number of nitrogens with zero attached hydrogens (tertiary/aromatic N) is 1. The minimum absolute atomic E-state index is 0.00514. The lowest BCUT2D eigenvalue weighted by atomic mass is 10.1. The topological polar surface area (TPSA) is 88.0 Å². The molecule has 14 heavy (non-hydrogen) atoms. The summed E-state index contributed by atoms with van der Waals surface area (Å²) in [6.07, 6.45) is 0. The second kappa shape index (κ2) is 3.87. The van der Waals surface area contributed by atoms with Crippen LogP contribution in [0.1, 0.15) is 13.8 Å². The predicted molar refractivity (Wildman–Crippen MR) is 50.0 cm³/mol. The van der Waals surface area contributed by atoms with E-state index < -0.39 is 16.6 Å². The summed E-state index contributed by atoms with van der Waals surface area (Å²) in [4.78, 5) is 22.8. The van der Waals surface area contributed by atoms with Crippen LogP contribution in [-0.4, -0.2) is 33.6 Å². The van der Waals surface area contributed by atoms with Gasteiger partial charge < -0.3 is 15.3 Å². The Kier molecular flexibility index (Phi) is 3.00. The standard InChI is InChI=1S/C7H10N2O4S/c1-3-13-5(11)7(2)4(10)8-6(9-12)14-7/h12H,3H2,1-2H3,(H,8,9,10). The van der Waals surface area contributed by atoms with Gasteiger partial charge in [0.05, 0.1) is 6.61 Å². The molecule has 0 aromatic rings. The van der Waals surface area contributed by atoms with Gasteiger partial charge in [-0.25, -0.2) is 4.79 Å². The maximum Gasteiger partial charge on any atom is 0.332 e. The number of esters is 1. The largest absolute Gasteiger partial charge is 0.465 e. The fraction of sp³-hybridized carbons (Fsp3) is 0.571. The highest BCUT2D eigenvalue weighted by Gasteiger charge is 2.50. The number of rotatable bonds is 2. The van der Waals surface area contributed by atoms with Gasteiger partial charge >= 0.3 is 5.97 Å². The van der Waals surface area contributed by atoms with Crippen LogP contribution in [0.4, 0.5) is 0 Å². The van der Waals surface area contributed by atoms with Crippen LogP contribution in [0.2, 0.25) is 0 Å². The summed E-state index contributed by atoms with van der Waals surface area (Å²) >= 11 is 0.834. The number of carbonyl (C=O) groups excluding carboxylic acids is 2. The van der Waals surface area contributed by atoms with Gasteiger partial charge in [0.25, 0.3) is 5.91 Å². The van der Waals surface area contributed by atoms with Crippen LogP contribution in [0.3, 0.4) is 0 Å². The SMILES string of the molecule is CCOC(=O)C1(C)S/C(=N/O)NC1=O. The summed E-state index contributed by atoms with van der Waals surface area (Å²) in [6.45, 7) is 3.27. The molecule has 0 bridgehead atoms. The summed E-state index contributed by atoms with van der Waals surface area (Å²) in [6, 6.07) is 0. The molecule has 6 nitrogen and oxygen atoms in total. The molecular weight excluding hydrogens is 208 g/mol. The minimum Gasteiger partial charge on any atom is -0.465 e. The van der Waals surface area contributed by atoms with Crippen molar-refractivity contribution in [1.29, 1.82) is 0 Å². The van der Waals surface area contributed by atoms with Crippen molar-refractivity contribution in [1.82, 2.24) is 5.32 Å². The van der Waals surface area contributed by atoms with Gasteiger partial charge in [-0.15, -0.1) is 0 Å². The van der Waals surface area contributed by atoms with Crippen molar-refractivity contribution in [2.24, 2.45) is 5.16 Å². The molecular formula is C7H10N2O4S. The van der Waals surface area contributed by atoms with Gasteiger partial charge in [0, 0.05) is 0 Å². The van der Waals surface area contributed by atoms with Crippen molar-refractivity contribution in [3.05, 3.63) is 0 Å². The lowest BCUT2D eigenvalue weighted by molar-refractivity contribution is -0.148. The molecule has 1 fully saturated rings. The van der Waals surface area contributed by atoms with Crippen molar-refractivity contribution < 1.29 is 19.5 Å². The highest BCUT2D eigenvalue weighted by atomic mass is 32.2. The molecule has 0 saturated carbocycles. The number of ether oxygens (including phenoxy) is 1. The Bertz CT molecular complexity index is 304. The van der Waals surface area contributed by atoms with Crippen LogP contribution in [0.5, 0.6) is 0 Å². The van der Waals surface area contributed by atoms with Gasteiger partial charge in [-0.1, -0.05) is 16.9 Å². The number of carbonyl (C=O) groups is 2. The first-order valence-corrected chi connectivity index (χ1v) is 4.76. The third kappa shape index (κ3) is 1.67. The normalized spacial score (nSPS) is 29.0. The van der Waals surface area contributed by atoms with Crippen LogP contribution in [-0.2, 0) is 14.3 Å². The molecule has 1 atom stereocenters. The molecule has 1 amide bonds. The smallest absolute Gasteiger partial charge is 0.332 e. The zero-order valence-corrected chi connectivity index (χ0v) is 8.55. The number of thioether (sulfide) groups is 1. The number of amides is 1. The zero-order chi connectivity index (χ0) is 10.8. The van der Waals surface area contributed by atoms with Gasteiger partial charge in [0.15, 0.2) is 4.75 Å². The summed E-state index contributed by atoms with van der Waals surface area (Å²) < 4.78 is 3.39. The third-order valence-electron chi connectivity index (χ3n) is 1.71. The predicted octanol–water partition coefficient (Wildman–Crippen LogP) is -0.0836.